The van der Waals surface area contributed by atoms with Crippen LogP contribution in [-0.2, 0) is 11.2 Å². The highest BCUT2D eigenvalue weighted by atomic mass is 16.1. The van der Waals surface area contributed by atoms with Crippen LogP contribution < -0.4 is 11.1 Å². The van der Waals surface area contributed by atoms with E-state index in [1.807, 2.05) is 12.3 Å². The minimum atomic E-state index is -0.0809. The maximum absolute atomic E-state index is 12.6. The summed E-state index contributed by atoms with van der Waals surface area (Å²) in [5.74, 6) is 0.0600. The molecule has 0 fully saturated rings. The number of aromatic nitrogens is 1. The van der Waals surface area contributed by atoms with Crippen molar-refractivity contribution in [2.45, 2.75) is 50.9 Å². The number of nitrogens with two attached hydrogens (primary N) is 1. The Hall–Kier alpha value is -2.04. The second kappa shape index (κ2) is 5.76. The van der Waals surface area contributed by atoms with E-state index >= 15 is 0 Å². The number of fused-ring (bicyclic) bond motifs is 1. The quantitative estimate of drug-likeness (QED) is 0.507. The average molecular weight is 286 g/mol. The molecule has 1 atom stereocenters. The van der Waals surface area contributed by atoms with Gasteiger partial charge in [-0.1, -0.05) is 0 Å². The van der Waals surface area contributed by atoms with E-state index in [2.05, 4.69) is 10.3 Å². The first-order valence-electron chi connectivity index (χ1n) is 7.70. The van der Waals surface area contributed by atoms with Crippen molar-refractivity contribution in [1.82, 2.24) is 10.3 Å². The number of rotatable bonds is 3. The standard InChI is InChI=1S/C16H22N4O/c17-15(18)12-4-1-2-6-14(12)20-16(21)11-5-3-7-13-10(11)8-9-19-13/h8-9,11,19H,1-7H2,(H3,17,18)(H,20,21). The molecule has 2 aliphatic rings. The molecule has 5 heteroatoms. The molecule has 0 saturated carbocycles. The molecule has 0 radical (unpaired) electrons. The molecular weight excluding hydrogens is 264 g/mol. The summed E-state index contributed by atoms with van der Waals surface area (Å²) in [6, 6.07) is 2.01. The average Bonchev–Trinajstić information content (AvgIpc) is 2.95. The van der Waals surface area contributed by atoms with Gasteiger partial charge in [-0.3, -0.25) is 10.2 Å². The Morgan fingerprint density at radius 2 is 2.10 bits per heavy atom. The molecule has 112 valence electrons. The van der Waals surface area contributed by atoms with Crippen LogP contribution in [0.5, 0.6) is 0 Å². The first-order valence-corrected chi connectivity index (χ1v) is 7.70. The predicted octanol–water partition coefficient (Wildman–Crippen LogP) is 2.31. The Bertz CT molecular complexity index is 599. The molecule has 2 aliphatic carbocycles. The van der Waals surface area contributed by atoms with E-state index in [1.165, 1.54) is 5.69 Å². The molecule has 1 aromatic rings. The molecular formula is C16H22N4O. The molecule has 5 N–H and O–H groups in total. The lowest BCUT2D eigenvalue weighted by Gasteiger charge is -2.25. The van der Waals surface area contributed by atoms with Crippen molar-refractivity contribution in [3.05, 3.63) is 34.8 Å². The van der Waals surface area contributed by atoms with Crippen LogP contribution in [0.2, 0.25) is 0 Å². The van der Waals surface area contributed by atoms with Crippen LogP contribution in [0.25, 0.3) is 0 Å². The Morgan fingerprint density at radius 1 is 1.29 bits per heavy atom. The minimum absolute atomic E-state index is 0.0474. The van der Waals surface area contributed by atoms with Gasteiger partial charge in [0.05, 0.1) is 5.92 Å². The molecule has 0 aliphatic heterocycles. The van der Waals surface area contributed by atoms with Gasteiger partial charge in [-0.15, -0.1) is 0 Å². The van der Waals surface area contributed by atoms with E-state index in [1.54, 1.807) is 0 Å². The van der Waals surface area contributed by atoms with Crippen molar-refractivity contribution in [1.29, 1.82) is 5.41 Å². The van der Waals surface area contributed by atoms with Gasteiger partial charge in [0.25, 0.3) is 0 Å². The highest BCUT2D eigenvalue weighted by Crippen LogP contribution is 2.32. The molecule has 1 amide bonds. The van der Waals surface area contributed by atoms with Gasteiger partial charge in [-0.25, -0.2) is 0 Å². The number of amidine groups is 1. The third-order valence-electron chi connectivity index (χ3n) is 4.55. The molecule has 0 saturated heterocycles. The van der Waals surface area contributed by atoms with Crippen molar-refractivity contribution >= 4 is 11.7 Å². The van der Waals surface area contributed by atoms with E-state index in [4.69, 9.17) is 11.1 Å². The van der Waals surface area contributed by atoms with Gasteiger partial charge in [-0.2, -0.15) is 0 Å². The number of carbonyl (C=O) groups excluding carboxylic acids is 1. The number of aromatic amines is 1. The van der Waals surface area contributed by atoms with Gasteiger partial charge in [0.1, 0.15) is 5.84 Å². The molecule has 0 aromatic carbocycles. The molecule has 0 spiro atoms. The Kier molecular flexibility index (Phi) is 3.82. The predicted molar refractivity (Wildman–Crippen MR) is 82.0 cm³/mol. The number of hydrogen-bond donors (Lipinski definition) is 4. The maximum atomic E-state index is 12.6. The van der Waals surface area contributed by atoms with E-state index in [9.17, 15) is 4.79 Å². The van der Waals surface area contributed by atoms with E-state index < -0.39 is 0 Å². The maximum Gasteiger partial charge on any atom is 0.231 e. The topological polar surface area (TPSA) is 94.8 Å². The van der Waals surface area contributed by atoms with Crippen LogP contribution >= 0.6 is 0 Å². The van der Waals surface area contributed by atoms with Crippen LogP contribution in [0.1, 0.15) is 55.7 Å². The third kappa shape index (κ3) is 2.73. The van der Waals surface area contributed by atoms with Gasteiger partial charge in [0.2, 0.25) is 5.91 Å². The summed E-state index contributed by atoms with van der Waals surface area (Å²) >= 11 is 0. The molecule has 1 heterocycles. The monoisotopic (exact) mass is 286 g/mol. The van der Waals surface area contributed by atoms with Crippen molar-refractivity contribution in [2.24, 2.45) is 5.73 Å². The summed E-state index contributed by atoms with van der Waals surface area (Å²) in [5, 5.41) is 10.7. The molecule has 3 rings (SSSR count). The van der Waals surface area contributed by atoms with Gasteiger partial charge >= 0.3 is 0 Å². The lowest BCUT2D eigenvalue weighted by Crippen LogP contribution is -2.33. The zero-order valence-corrected chi connectivity index (χ0v) is 12.2. The number of H-pyrrole nitrogens is 1. The number of aryl methyl sites for hydroxylation is 1. The fraction of sp³-hybridized carbons (Fsp3) is 0.500. The minimum Gasteiger partial charge on any atom is -0.384 e. The fourth-order valence-corrected chi connectivity index (χ4v) is 3.45. The van der Waals surface area contributed by atoms with Gasteiger partial charge in [-0.05, 0) is 56.6 Å². The summed E-state index contributed by atoms with van der Waals surface area (Å²) < 4.78 is 0. The highest BCUT2D eigenvalue weighted by Gasteiger charge is 2.28. The van der Waals surface area contributed by atoms with Crippen LogP contribution in [-0.4, -0.2) is 16.7 Å². The van der Waals surface area contributed by atoms with Crippen molar-refractivity contribution < 1.29 is 4.79 Å². The van der Waals surface area contributed by atoms with Gasteiger partial charge in [0, 0.05) is 23.2 Å². The van der Waals surface area contributed by atoms with Crippen molar-refractivity contribution in [2.75, 3.05) is 0 Å². The number of allylic oxidation sites excluding steroid dienone is 1. The number of hydrogen-bond acceptors (Lipinski definition) is 2. The van der Waals surface area contributed by atoms with Gasteiger partial charge in [0.15, 0.2) is 0 Å². The molecule has 1 unspecified atom stereocenters. The highest BCUT2D eigenvalue weighted by molar-refractivity contribution is 5.96. The van der Waals surface area contributed by atoms with Crippen molar-refractivity contribution in [3.63, 3.8) is 0 Å². The van der Waals surface area contributed by atoms with E-state index in [-0.39, 0.29) is 17.7 Å². The van der Waals surface area contributed by atoms with Crippen molar-refractivity contribution in [3.8, 4) is 0 Å². The van der Waals surface area contributed by atoms with Crippen LogP contribution in [0.15, 0.2) is 23.5 Å². The second-order valence-corrected chi connectivity index (χ2v) is 5.92. The summed E-state index contributed by atoms with van der Waals surface area (Å²) in [6.45, 7) is 0. The number of amides is 1. The second-order valence-electron chi connectivity index (χ2n) is 5.92. The van der Waals surface area contributed by atoms with E-state index in [0.29, 0.717) is 0 Å². The van der Waals surface area contributed by atoms with Gasteiger partial charge < -0.3 is 16.0 Å². The zero-order valence-electron chi connectivity index (χ0n) is 12.2. The summed E-state index contributed by atoms with van der Waals surface area (Å²) in [7, 11) is 0. The molecule has 0 bridgehead atoms. The SMILES string of the molecule is N=C(N)C1=C(NC(=O)C2CCCc3[nH]ccc32)CCCC1. The fourth-order valence-electron chi connectivity index (χ4n) is 3.45. The Labute approximate surface area is 124 Å². The smallest absolute Gasteiger partial charge is 0.231 e. The first kappa shape index (κ1) is 13.9. The summed E-state index contributed by atoms with van der Waals surface area (Å²) in [5.41, 5.74) is 9.63. The number of nitrogens with one attached hydrogen (secondary N) is 3. The van der Waals surface area contributed by atoms with Crippen LogP contribution in [0.3, 0.4) is 0 Å². The summed E-state index contributed by atoms with van der Waals surface area (Å²) in [4.78, 5) is 15.9. The lowest BCUT2D eigenvalue weighted by atomic mass is 9.86. The number of carbonyl (C=O) groups is 1. The normalized spacial score (nSPS) is 21.8. The third-order valence-corrected chi connectivity index (χ3v) is 4.55. The molecule has 21 heavy (non-hydrogen) atoms. The lowest BCUT2D eigenvalue weighted by molar-refractivity contribution is -0.122. The Morgan fingerprint density at radius 3 is 2.90 bits per heavy atom. The molecule has 1 aromatic heterocycles. The first-order chi connectivity index (χ1) is 10.2. The zero-order chi connectivity index (χ0) is 14.8. The Balaban J connectivity index is 1.80. The molecule has 5 nitrogen and oxygen atoms in total. The largest absolute Gasteiger partial charge is 0.384 e. The van der Waals surface area contributed by atoms with Crippen LogP contribution in [0.4, 0.5) is 0 Å². The van der Waals surface area contributed by atoms with Crippen LogP contribution in [0, 0.1) is 5.41 Å². The summed E-state index contributed by atoms with van der Waals surface area (Å²) in [6.07, 6.45) is 8.55. The van der Waals surface area contributed by atoms with E-state index in [0.717, 1.165) is 61.8 Å².